The predicted molar refractivity (Wildman–Crippen MR) is 102 cm³/mol. The van der Waals surface area contributed by atoms with E-state index in [9.17, 15) is 12.8 Å². The number of nitrogens with one attached hydrogen (secondary N) is 1. The van der Waals surface area contributed by atoms with Crippen LogP contribution in [-0.2, 0) is 10.0 Å². The van der Waals surface area contributed by atoms with Crippen LogP contribution >= 0.6 is 0 Å². The van der Waals surface area contributed by atoms with E-state index in [1.807, 2.05) is 0 Å². The highest BCUT2D eigenvalue weighted by atomic mass is 32.2. The Kier molecular flexibility index (Phi) is 4.62. The molecule has 0 unspecified atom stereocenters. The Balaban J connectivity index is 1.83. The van der Waals surface area contributed by atoms with Crippen LogP contribution in [-0.4, -0.2) is 18.6 Å². The zero-order chi connectivity index (χ0) is 19.6. The van der Waals surface area contributed by atoms with Crippen LogP contribution in [0.4, 0.5) is 10.3 Å². The molecule has 8 heteroatoms. The number of benzene rings is 2. The maximum atomic E-state index is 13.3. The van der Waals surface area contributed by atoms with Crippen molar-refractivity contribution in [3.8, 4) is 22.4 Å². The predicted octanol–water partition coefficient (Wildman–Crippen LogP) is 4.34. The number of nitrogens with zero attached hydrogens (tertiary/aromatic N) is 2. The number of hydrogen-bond donors (Lipinski definition) is 1. The molecule has 0 aliphatic rings. The van der Waals surface area contributed by atoms with E-state index in [0.29, 0.717) is 22.4 Å². The van der Waals surface area contributed by atoms with E-state index in [1.165, 1.54) is 24.3 Å². The molecule has 0 aliphatic heterocycles. The van der Waals surface area contributed by atoms with Gasteiger partial charge in [0, 0.05) is 18.0 Å². The molecule has 0 bridgehead atoms. The molecule has 28 heavy (non-hydrogen) atoms. The Labute approximate surface area is 160 Å². The largest absolute Gasteiger partial charge is 0.337 e. The SMILES string of the molecule is O=S(=O)(Nc1onc(-c2ccc(F)cc2)c1-c1ccncc1)c1ccccc1. The molecule has 0 radical (unpaired) electrons. The van der Waals surface area contributed by atoms with Crippen LogP contribution in [0.1, 0.15) is 0 Å². The van der Waals surface area contributed by atoms with Gasteiger partial charge in [-0.05, 0) is 54.1 Å². The maximum absolute atomic E-state index is 13.3. The first-order valence-electron chi connectivity index (χ1n) is 8.28. The van der Waals surface area contributed by atoms with Gasteiger partial charge in [0.15, 0.2) is 0 Å². The second-order valence-electron chi connectivity index (χ2n) is 5.90. The lowest BCUT2D eigenvalue weighted by atomic mass is 10.0. The van der Waals surface area contributed by atoms with Gasteiger partial charge < -0.3 is 4.52 Å². The fourth-order valence-corrected chi connectivity index (χ4v) is 3.75. The first-order chi connectivity index (χ1) is 13.5. The lowest BCUT2D eigenvalue weighted by Gasteiger charge is -2.08. The number of aromatic nitrogens is 2. The number of pyridine rings is 1. The van der Waals surface area contributed by atoms with Gasteiger partial charge in [-0.15, -0.1) is 0 Å². The van der Waals surface area contributed by atoms with Crippen LogP contribution in [0.2, 0.25) is 0 Å². The summed E-state index contributed by atoms with van der Waals surface area (Å²) in [5, 5.41) is 4.03. The normalized spacial score (nSPS) is 11.3. The fraction of sp³-hybridized carbons (Fsp3) is 0. The molecule has 2 heterocycles. The first-order valence-corrected chi connectivity index (χ1v) is 9.77. The summed E-state index contributed by atoms with van der Waals surface area (Å²) in [4.78, 5) is 4.07. The van der Waals surface area contributed by atoms with Crippen LogP contribution < -0.4 is 4.72 Å². The summed E-state index contributed by atoms with van der Waals surface area (Å²) in [6, 6.07) is 17.0. The molecule has 4 rings (SSSR count). The van der Waals surface area contributed by atoms with Gasteiger partial charge in [0.1, 0.15) is 11.5 Å². The van der Waals surface area contributed by atoms with Crippen molar-refractivity contribution in [1.29, 1.82) is 0 Å². The van der Waals surface area contributed by atoms with Gasteiger partial charge in [-0.1, -0.05) is 23.4 Å². The maximum Gasteiger partial charge on any atom is 0.264 e. The van der Waals surface area contributed by atoms with E-state index >= 15 is 0 Å². The molecule has 4 aromatic rings. The molecule has 0 aliphatic carbocycles. The Morgan fingerprint density at radius 1 is 0.857 bits per heavy atom. The monoisotopic (exact) mass is 395 g/mol. The Bertz CT molecular complexity index is 1190. The topological polar surface area (TPSA) is 85.1 Å². The van der Waals surface area contributed by atoms with E-state index in [4.69, 9.17) is 4.52 Å². The molecular formula is C20H14FN3O3S. The second-order valence-corrected chi connectivity index (χ2v) is 7.58. The van der Waals surface area contributed by atoms with E-state index in [-0.39, 0.29) is 16.6 Å². The molecule has 0 saturated carbocycles. The van der Waals surface area contributed by atoms with Crippen molar-refractivity contribution in [3.05, 3.63) is 84.9 Å². The highest BCUT2D eigenvalue weighted by Crippen LogP contribution is 2.38. The lowest BCUT2D eigenvalue weighted by molar-refractivity contribution is 0.438. The molecule has 2 aromatic carbocycles. The number of halogens is 1. The zero-order valence-corrected chi connectivity index (χ0v) is 15.2. The average Bonchev–Trinajstić information content (AvgIpc) is 3.12. The van der Waals surface area contributed by atoms with Gasteiger partial charge in [-0.3, -0.25) is 4.98 Å². The third kappa shape index (κ3) is 3.49. The Hall–Kier alpha value is -3.52. The molecule has 0 amide bonds. The van der Waals surface area contributed by atoms with Crippen molar-refractivity contribution in [2.45, 2.75) is 4.90 Å². The molecule has 0 fully saturated rings. The Morgan fingerprint density at radius 3 is 2.21 bits per heavy atom. The highest BCUT2D eigenvalue weighted by Gasteiger charge is 2.24. The molecule has 1 N–H and O–H groups in total. The second kappa shape index (κ2) is 7.24. The molecule has 0 saturated heterocycles. The van der Waals surface area contributed by atoms with E-state index in [2.05, 4.69) is 14.9 Å². The molecule has 6 nitrogen and oxygen atoms in total. The first kappa shape index (κ1) is 17.9. The summed E-state index contributed by atoms with van der Waals surface area (Å²) in [5.41, 5.74) is 2.06. The van der Waals surface area contributed by atoms with Gasteiger partial charge in [-0.2, -0.15) is 0 Å². The molecule has 2 aromatic heterocycles. The standard InChI is InChI=1S/C20H14FN3O3S/c21-16-8-6-15(7-9-16)19-18(14-10-12-22-13-11-14)20(27-23-19)24-28(25,26)17-4-2-1-3-5-17/h1-13,24H. The third-order valence-electron chi connectivity index (χ3n) is 4.06. The lowest BCUT2D eigenvalue weighted by Crippen LogP contribution is -2.12. The number of sulfonamides is 1. The number of hydrogen-bond acceptors (Lipinski definition) is 5. The molecule has 0 atom stereocenters. The summed E-state index contributed by atoms with van der Waals surface area (Å²) >= 11 is 0. The average molecular weight is 395 g/mol. The van der Waals surface area contributed by atoms with E-state index in [1.54, 1.807) is 54.9 Å². The summed E-state index contributed by atoms with van der Waals surface area (Å²) in [6.45, 7) is 0. The summed E-state index contributed by atoms with van der Waals surface area (Å²) in [7, 11) is -3.88. The van der Waals surface area contributed by atoms with Gasteiger partial charge in [-0.25, -0.2) is 17.5 Å². The summed E-state index contributed by atoms with van der Waals surface area (Å²) in [6.07, 6.45) is 3.15. The van der Waals surface area contributed by atoms with Crippen molar-refractivity contribution in [2.75, 3.05) is 4.72 Å². The Morgan fingerprint density at radius 2 is 1.54 bits per heavy atom. The van der Waals surface area contributed by atoms with E-state index in [0.717, 1.165) is 0 Å². The number of anilines is 1. The van der Waals surface area contributed by atoms with Crippen LogP contribution in [0.25, 0.3) is 22.4 Å². The molecular weight excluding hydrogens is 381 g/mol. The molecule has 0 spiro atoms. The minimum atomic E-state index is -3.88. The smallest absolute Gasteiger partial charge is 0.264 e. The van der Waals surface area contributed by atoms with E-state index < -0.39 is 10.0 Å². The summed E-state index contributed by atoms with van der Waals surface area (Å²) < 4.78 is 46.5. The number of rotatable bonds is 5. The molecule has 140 valence electrons. The quantitative estimate of drug-likeness (QED) is 0.543. The van der Waals surface area contributed by atoms with Crippen molar-refractivity contribution >= 4 is 15.9 Å². The van der Waals surface area contributed by atoms with Crippen molar-refractivity contribution in [3.63, 3.8) is 0 Å². The zero-order valence-electron chi connectivity index (χ0n) is 14.4. The summed E-state index contributed by atoms with van der Waals surface area (Å²) in [5.74, 6) is -0.419. The highest BCUT2D eigenvalue weighted by molar-refractivity contribution is 7.92. The van der Waals surface area contributed by atoms with Gasteiger partial charge >= 0.3 is 0 Å². The minimum absolute atomic E-state index is 0.0330. The minimum Gasteiger partial charge on any atom is -0.337 e. The van der Waals surface area contributed by atoms with Gasteiger partial charge in [0.2, 0.25) is 5.88 Å². The van der Waals surface area contributed by atoms with Crippen LogP contribution in [0.15, 0.2) is 88.5 Å². The fourth-order valence-electron chi connectivity index (χ4n) is 2.73. The van der Waals surface area contributed by atoms with Crippen LogP contribution in [0.3, 0.4) is 0 Å². The van der Waals surface area contributed by atoms with Crippen molar-refractivity contribution in [2.24, 2.45) is 0 Å². The third-order valence-corrected chi connectivity index (χ3v) is 5.41. The van der Waals surface area contributed by atoms with Crippen molar-refractivity contribution in [1.82, 2.24) is 10.1 Å². The van der Waals surface area contributed by atoms with Crippen molar-refractivity contribution < 1.29 is 17.3 Å². The van der Waals surface area contributed by atoms with Gasteiger partial charge in [0.25, 0.3) is 10.0 Å². The van der Waals surface area contributed by atoms with Gasteiger partial charge in [0.05, 0.1) is 10.5 Å². The van der Waals surface area contributed by atoms with Crippen LogP contribution in [0, 0.1) is 5.82 Å². The van der Waals surface area contributed by atoms with Crippen LogP contribution in [0.5, 0.6) is 0 Å².